The number of esters is 1. The molecular weight excluding hydrogens is 254 g/mol. The number of ether oxygens (including phenoxy) is 1. The van der Waals surface area contributed by atoms with Crippen molar-refractivity contribution in [3.63, 3.8) is 0 Å². The van der Waals surface area contributed by atoms with E-state index < -0.39 is 5.60 Å². The van der Waals surface area contributed by atoms with Crippen LogP contribution in [0.25, 0.3) is 0 Å². The van der Waals surface area contributed by atoms with E-state index in [1.54, 1.807) is 0 Å². The lowest BCUT2D eigenvalue weighted by molar-refractivity contribution is -0.149. The fourth-order valence-electron chi connectivity index (χ4n) is 4.04. The molecule has 4 nitrogen and oxygen atoms in total. The molecular formula is C16H17NO3. The zero-order valence-corrected chi connectivity index (χ0v) is 11.5. The number of anilines is 1. The first-order valence-corrected chi connectivity index (χ1v) is 7.26. The number of fused-ring (bicyclic) bond motifs is 3. The highest BCUT2D eigenvalue weighted by atomic mass is 16.6. The molecule has 2 fully saturated rings. The van der Waals surface area contributed by atoms with Crippen molar-refractivity contribution in [1.82, 2.24) is 0 Å². The van der Waals surface area contributed by atoms with Crippen LogP contribution in [0.2, 0.25) is 0 Å². The number of hydrogen-bond acceptors (Lipinski definition) is 3. The molecule has 0 radical (unpaired) electrons. The van der Waals surface area contributed by atoms with Crippen LogP contribution in [0.4, 0.5) is 5.69 Å². The van der Waals surface area contributed by atoms with Crippen LogP contribution < -0.4 is 4.90 Å². The molecule has 1 aromatic carbocycles. The van der Waals surface area contributed by atoms with E-state index in [1.165, 1.54) is 0 Å². The van der Waals surface area contributed by atoms with Crippen molar-refractivity contribution >= 4 is 17.6 Å². The van der Waals surface area contributed by atoms with E-state index in [0.717, 1.165) is 30.5 Å². The van der Waals surface area contributed by atoms with Gasteiger partial charge in [0.25, 0.3) is 0 Å². The third kappa shape index (κ3) is 1.37. The summed E-state index contributed by atoms with van der Waals surface area (Å²) < 4.78 is 5.69. The lowest BCUT2D eigenvalue weighted by Gasteiger charge is -2.37. The first kappa shape index (κ1) is 11.9. The van der Waals surface area contributed by atoms with Crippen LogP contribution >= 0.6 is 0 Å². The number of para-hydroxylation sites is 1. The van der Waals surface area contributed by atoms with E-state index in [-0.39, 0.29) is 23.8 Å². The van der Waals surface area contributed by atoms with Gasteiger partial charge >= 0.3 is 5.97 Å². The molecule has 20 heavy (non-hydrogen) atoms. The van der Waals surface area contributed by atoms with Gasteiger partial charge in [-0.05, 0) is 37.8 Å². The molecule has 1 amide bonds. The number of hydrogen-bond donors (Lipinski definition) is 0. The monoisotopic (exact) mass is 271 g/mol. The molecule has 0 aromatic heterocycles. The average Bonchev–Trinajstić information content (AvgIpc) is 2.88. The lowest BCUT2D eigenvalue weighted by atomic mass is 9.83. The second-order valence-electron chi connectivity index (χ2n) is 6.19. The first-order chi connectivity index (χ1) is 9.62. The van der Waals surface area contributed by atoms with Gasteiger partial charge < -0.3 is 9.64 Å². The number of amides is 1. The van der Waals surface area contributed by atoms with E-state index in [2.05, 4.69) is 0 Å². The summed E-state index contributed by atoms with van der Waals surface area (Å²) in [6, 6.07) is 7.58. The van der Waals surface area contributed by atoms with Crippen molar-refractivity contribution in [2.75, 3.05) is 4.90 Å². The predicted molar refractivity (Wildman–Crippen MR) is 73.4 cm³/mol. The van der Waals surface area contributed by atoms with Crippen molar-refractivity contribution in [3.8, 4) is 0 Å². The minimum absolute atomic E-state index is 0.120. The van der Waals surface area contributed by atoms with Crippen molar-refractivity contribution in [2.24, 2.45) is 0 Å². The predicted octanol–water partition coefficient (Wildman–Crippen LogP) is 2.37. The van der Waals surface area contributed by atoms with Gasteiger partial charge in [0.05, 0.1) is 6.04 Å². The highest BCUT2D eigenvalue weighted by Crippen LogP contribution is 2.53. The summed E-state index contributed by atoms with van der Waals surface area (Å²) in [7, 11) is 0. The Morgan fingerprint density at radius 2 is 2.05 bits per heavy atom. The van der Waals surface area contributed by atoms with Gasteiger partial charge in [0.1, 0.15) is 11.5 Å². The topological polar surface area (TPSA) is 46.6 Å². The highest BCUT2D eigenvalue weighted by Gasteiger charge is 2.61. The van der Waals surface area contributed by atoms with E-state index in [0.29, 0.717) is 6.42 Å². The average molecular weight is 271 g/mol. The molecule has 0 spiro atoms. The minimum Gasteiger partial charge on any atom is -0.457 e. The summed E-state index contributed by atoms with van der Waals surface area (Å²) in [4.78, 5) is 26.7. The number of benzene rings is 1. The normalized spacial score (nSPS) is 35.1. The molecule has 4 heteroatoms. The molecule has 0 unspecified atom stereocenters. The Bertz CT molecular complexity index is 611. The van der Waals surface area contributed by atoms with Gasteiger partial charge in [-0.15, -0.1) is 0 Å². The first-order valence-electron chi connectivity index (χ1n) is 7.26. The minimum atomic E-state index is -0.545. The fraction of sp³-hybridized carbons (Fsp3) is 0.500. The number of carbonyl (C=O) groups is 2. The Kier molecular flexibility index (Phi) is 2.29. The Hall–Kier alpha value is -1.84. The lowest BCUT2D eigenvalue weighted by Crippen LogP contribution is -2.51. The van der Waals surface area contributed by atoms with Crippen LogP contribution in [0.15, 0.2) is 24.3 Å². The molecule has 3 atom stereocenters. The molecule has 0 N–H and O–H groups in total. The van der Waals surface area contributed by atoms with E-state index in [9.17, 15) is 9.59 Å². The van der Waals surface area contributed by atoms with Crippen LogP contribution in [0, 0.1) is 0 Å². The van der Waals surface area contributed by atoms with Gasteiger partial charge in [-0.25, -0.2) is 0 Å². The Balaban J connectivity index is 1.93. The van der Waals surface area contributed by atoms with Crippen molar-refractivity contribution in [1.29, 1.82) is 0 Å². The molecule has 1 aromatic rings. The molecule has 0 aliphatic carbocycles. The smallest absolute Gasteiger partial charge is 0.316 e. The van der Waals surface area contributed by atoms with Crippen LogP contribution in [0.3, 0.4) is 0 Å². The van der Waals surface area contributed by atoms with Gasteiger partial charge in [0.2, 0.25) is 5.91 Å². The summed E-state index contributed by atoms with van der Waals surface area (Å²) in [6.45, 7) is 1.98. The van der Waals surface area contributed by atoms with Crippen molar-refractivity contribution in [3.05, 3.63) is 29.8 Å². The van der Waals surface area contributed by atoms with E-state index >= 15 is 0 Å². The molecule has 3 aliphatic rings. The maximum absolute atomic E-state index is 12.5. The maximum atomic E-state index is 12.5. The largest absolute Gasteiger partial charge is 0.457 e. The molecule has 3 aliphatic heterocycles. The molecule has 4 rings (SSSR count). The van der Waals surface area contributed by atoms with Crippen LogP contribution in [0.5, 0.6) is 0 Å². The standard InChI is InChI=1S/C16H17NO3/c1-16-9-5-4-8-12(18)17-11-7-3-2-6-10(11)13(14(16)17)15(19)20-16/h2-3,6-7,13-14H,4-5,8-9H2,1H3/t13-,14+,16-/m0/s1. The molecule has 3 heterocycles. The van der Waals surface area contributed by atoms with Gasteiger partial charge in [-0.1, -0.05) is 18.2 Å². The third-order valence-electron chi connectivity index (χ3n) is 4.92. The molecule has 0 bridgehead atoms. The highest BCUT2D eigenvalue weighted by molar-refractivity contribution is 6.02. The molecule has 2 saturated heterocycles. The quantitative estimate of drug-likeness (QED) is 0.681. The Labute approximate surface area is 117 Å². The van der Waals surface area contributed by atoms with E-state index in [1.807, 2.05) is 36.1 Å². The number of carbonyl (C=O) groups excluding carboxylic acids is 2. The zero-order valence-electron chi connectivity index (χ0n) is 11.5. The van der Waals surface area contributed by atoms with Crippen LogP contribution in [-0.4, -0.2) is 23.5 Å². The van der Waals surface area contributed by atoms with Crippen LogP contribution in [0.1, 0.15) is 44.1 Å². The number of rotatable bonds is 0. The number of nitrogens with zero attached hydrogens (tertiary/aromatic N) is 1. The summed E-state index contributed by atoms with van der Waals surface area (Å²) in [5, 5.41) is 0. The second kappa shape index (κ2) is 3.84. The van der Waals surface area contributed by atoms with Crippen LogP contribution in [-0.2, 0) is 14.3 Å². The van der Waals surface area contributed by atoms with Crippen molar-refractivity contribution < 1.29 is 14.3 Å². The maximum Gasteiger partial charge on any atom is 0.316 e. The Morgan fingerprint density at radius 1 is 1.25 bits per heavy atom. The van der Waals surface area contributed by atoms with Gasteiger partial charge in [-0.2, -0.15) is 0 Å². The molecule has 104 valence electrons. The third-order valence-corrected chi connectivity index (χ3v) is 4.92. The summed E-state index contributed by atoms with van der Waals surface area (Å²) in [6.07, 6.45) is 3.18. The van der Waals surface area contributed by atoms with Crippen molar-refractivity contribution in [2.45, 2.75) is 50.2 Å². The Morgan fingerprint density at radius 3 is 2.90 bits per heavy atom. The van der Waals surface area contributed by atoms with E-state index in [4.69, 9.17) is 4.74 Å². The van der Waals surface area contributed by atoms with Gasteiger partial charge in [0.15, 0.2) is 0 Å². The van der Waals surface area contributed by atoms with Gasteiger partial charge in [0, 0.05) is 12.1 Å². The fourth-order valence-corrected chi connectivity index (χ4v) is 4.04. The second-order valence-corrected chi connectivity index (χ2v) is 6.19. The van der Waals surface area contributed by atoms with Gasteiger partial charge in [-0.3, -0.25) is 9.59 Å². The zero-order chi connectivity index (χ0) is 13.9. The summed E-state index contributed by atoms with van der Waals surface area (Å²) in [5.74, 6) is -0.366. The molecule has 0 saturated carbocycles. The summed E-state index contributed by atoms with van der Waals surface area (Å²) >= 11 is 0. The SMILES string of the molecule is C[C@@]12CCCCC(=O)N3c4ccccc4[C@H](C(=O)O1)[C@@H]32. The summed E-state index contributed by atoms with van der Waals surface area (Å²) in [5.41, 5.74) is 1.30.